The van der Waals surface area contributed by atoms with Gasteiger partial charge in [-0.15, -0.1) is 0 Å². The zero-order valence-corrected chi connectivity index (χ0v) is 16.4. The van der Waals surface area contributed by atoms with Crippen LogP contribution in [0.15, 0.2) is 22.8 Å². The van der Waals surface area contributed by atoms with E-state index in [0.717, 1.165) is 65.1 Å². The number of carbonyl (C=O) groups excluding carboxylic acids is 2. The average molecular weight is 374 g/mol. The molecule has 7 nitrogen and oxygen atoms in total. The first-order valence-electron chi connectivity index (χ1n) is 9.98. The number of amides is 2. The molecule has 1 aromatic heterocycles. The number of rotatable bonds is 2. The van der Waals surface area contributed by atoms with Gasteiger partial charge in [0.2, 0.25) is 5.91 Å². The highest BCUT2D eigenvalue weighted by molar-refractivity contribution is 5.91. The van der Waals surface area contributed by atoms with Crippen molar-refractivity contribution in [1.82, 2.24) is 19.6 Å². The van der Waals surface area contributed by atoms with Gasteiger partial charge in [-0.25, -0.2) is 0 Å². The van der Waals surface area contributed by atoms with E-state index in [4.69, 9.17) is 4.42 Å². The number of hydrogen-bond donors (Lipinski definition) is 0. The average Bonchev–Trinajstić information content (AvgIpc) is 3.31. The summed E-state index contributed by atoms with van der Waals surface area (Å²) >= 11 is 0. The summed E-state index contributed by atoms with van der Waals surface area (Å²) in [4.78, 5) is 34.0. The maximum absolute atomic E-state index is 13.1. The number of nitrogens with zero attached hydrogens (tertiary/aromatic N) is 4. The van der Waals surface area contributed by atoms with Gasteiger partial charge in [0.1, 0.15) is 0 Å². The third-order valence-corrected chi connectivity index (χ3v) is 6.69. The van der Waals surface area contributed by atoms with E-state index in [0.29, 0.717) is 5.76 Å². The van der Waals surface area contributed by atoms with Crippen molar-refractivity contribution < 1.29 is 14.0 Å². The SMILES string of the molecule is CN1CCN(C(=O)C2CC3(CCN(C(=O)c4ccco4)CC3)CN2C)CC1. The van der Waals surface area contributed by atoms with Crippen LogP contribution in [-0.4, -0.2) is 97.4 Å². The lowest BCUT2D eigenvalue weighted by atomic mass is 9.76. The summed E-state index contributed by atoms with van der Waals surface area (Å²) in [7, 11) is 4.18. The Hall–Kier alpha value is -1.86. The molecule has 0 aromatic carbocycles. The lowest BCUT2D eigenvalue weighted by molar-refractivity contribution is -0.137. The molecule has 4 heterocycles. The third-order valence-electron chi connectivity index (χ3n) is 6.69. The van der Waals surface area contributed by atoms with Gasteiger partial charge >= 0.3 is 0 Å². The van der Waals surface area contributed by atoms with E-state index in [-0.39, 0.29) is 23.3 Å². The van der Waals surface area contributed by atoms with E-state index in [1.165, 1.54) is 0 Å². The first kappa shape index (κ1) is 18.5. The van der Waals surface area contributed by atoms with Gasteiger partial charge in [0.25, 0.3) is 5.91 Å². The molecule has 7 heteroatoms. The highest BCUT2D eigenvalue weighted by Crippen LogP contribution is 2.43. The first-order chi connectivity index (χ1) is 13.0. The van der Waals surface area contributed by atoms with Crippen LogP contribution >= 0.6 is 0 Å². The maximum atomic E-state index is 13.1. The van der Waals surface area contributed by atoms with Crippen molar-refractivity contribution in [2.45, 2.75) is 25.3 Å². The minimum Gasteiger partial charge on any atom is -0.459 e. The Morgan fingerprint density at radius 2 is 1.74 bits per heavy atom. The van der Waals surface area contributed by atoms with Gasteiger partial charge < -0.3 is 19.1 Å². The molecule has 0 radical (unpaired) electrons. The molecule has 0 bridgehead atoms. The largest absolute Gasteiger partial charge is 0.459 e. The Morgan fingerprint density at radius 3 is 2.37 bits per heavy atom. The Labute approximate surface area is 160 Å². The van der Waals surface area contributed by atoms with Gasteiger partial charge in [0.15, 0.2) is 5.76 Å². The van der Waals surface area contributed by atoms with Crippen molar-refractivity contribution in [3.05, 3.63) is 24.2 Å². The summed E-state index contributed by atoms with van der Waals surface area (Å²) < 4.78 is 5.25. The topological polar surface area (TPSA) is 60.2 Å². The number of likely N-dealkylation sites (tertiary alicyclic amines) is 2. The number of furan rings is 1. The molecule has 3 fully saturated rings. The molecule has 1 aromatic rings. The molecular weight excluding hydrogens is 344 g/mol. The van der Waals surface area contributed by atoms with Crippen molar-refractivity contribution in [1.29, 1.82) is 0 Å². The molecule has 3 aliphatic heterocycles. The molecule has 27 heavy (non-hydrogen) atoms. The molecule has 2 amide bonds. The lowest BCUT2D eigenvalue weighted by Crippen LogP contribution is -2.52. The lowest BCUT2D eigenvalue weighted by Gasteiger charge is -2.39. The monoisotopic (exact) mass is 374 g/mol. The summed E-state index contributed by atoms with van der Waals surface area (Å²) in [5, 5.41) is 0. The van der Waals surface area contributed by atoms with Gasteiger partial charge in [-0.1, -0.05) is 0 Å². The minimum atomic E-state index is -0.0220. The summed E-state index contributed by atoms with van der Waals surface area (Å²) in [6.45, 7) is 6.00. The van der Waals surface area contributed by atoms with Crippen molar-refractivity contribution in [2.75, 3.05) is 59.9 Å². The number of hydrogen-bond acceptors (Lipinski definition) is 5. The molecule has 0 N–H and O–H groups in total. The Bertz CT molecular complexity index is 673. The predicted molar refractivity (Wildman–Crippen MR) is 101 cm³/mol. The van der Waals surface area contributed by atoms with E-state index in [2.05, 4.69) is 23.9 Å². The van der Waals surface area contributed by atoms with E-state index in [9.17, 15) is 9.59 Å². The highest BCUT2D eigenvalue weighted by atomic mass is 16.3. The molecule has 0 saturated carbocycles. The Kier molecular flexibility index (Phi) is 4.99. The Balaban J connectivity index is 1.36. The van der Waals surface area contributed by atoms with Crippen molar-refractivity contribution in [3.8, 4) is 0 Å². The molecule has 3 aliphatic rings. The summed E-state index contributed by atoms with van der Waals surface area (Å²) in [5.41, 5.74) is 0.154. The van der Waals surface area contributed by atoms with Crippen molar-refractivity contribution in [2.24, 2.45) is 5.41 Å². The second-order valence-corrected chi connectivity index (χ2v) is 8.53. The highest BCUT2D eigenvalue weighted by Gasteiger charge is 2.48. The molecule has 3 saturated heterocycles. The smallest absolute Gasteiger partial charge is 0.289 e. The van der Waals surface area contributed by atoms with E-state index < -0.39 is 0 Å². The normalized spacial score (nSPS) is 26.7. The summed E-state index contributed by atoms with van der Waals surface area (Å²) in [6, 6.07) is 3.46. The molecule has 1 unspecified atom stereocenters. The van der Waals surface area contributed by atoms with Crippen molar-refractivity contribution in [3.63, 3.8) is 0 Å². The van der Waals surface area contributed by atoms with Gasteiger partial charge in [0, 0.05) is 45.8 Å². The molecule has 148 valence electrons. The van der Waals surface area contributed by atoms with Gasteiger partial charge in [-0.3, -0.25) is 14.5 Å². The van der Waals surface area contributed by atoms with Crippen LogP contribution in [0.2, 0.25) is 0 Å². The van der Waals surface area contributed by atoms with Crippen LogP contribution in [0.5, 0.6) is 0 Å². The number of piperazine rings is 1. The standard InChI is InChI=1S/C20H30N4O3/c1-21-9-11-24(12-10-21)18(25)16-14-20(15-22(16)2)5-7-23(8-6-20)19(26)17-4-3-13-27-17/h3-4,13,16H,5-12,14-15H2,1-2H3. The zero-order chi connectivity index (χ0) is 19.0. The fourth-order valence-corrected chi connectivity index (χ4v) is 4.89. The van der Waals surface area contributed by atoms with Crippen LogP contribution in [0, 0.1) is 5.41 Å². The Morgan fingerprint density at radius 1 is 1.04 bits per heavy atom. The molecule has 0 aliphatic carbocycles. The number of carbonyl (C=O) groups is 2. The molecular formula is C20H30N4O3. The molecule has 1 atom stereocenters. The van der Waals surface area contributed by atoms with Gasteiger partial charge in [-0.05, 0) is 50.9 Å². The fourth-order valence-electron chi connectivity index (χ4n) is 4.89. The predicted octanol–water partition coefficient (Wildman–Crippen LogP) is 0.980. The number of likely N-dealkylation sites (N-methyl/N-ethyl adjacent to an activating group) is 2. The minimum absolute atomic E-state index is 0.0132. The van der Waals surface area contributed by atoms with Crippen LogP contribution in [0.1, 0.15) is 29.8 Å². The van der Waals surface area contributed by atoms with Crippen molar-refractivity contribution >= 4 is 11.8 Å². The maximum Gasteiger partial charge on any atom is 0.289 e. The second kappa shape index (κ2) is 7.28. The van der Waals surface area contributed by atoms with Crippen LogP contribution < -0.4 is 0 Å². The second-order valence-electron chi connectivity index (χ2n) is 8.53. The summed E-state index contributed by atoms with van der Waals surface area (Å²) in [5.74, 6) is 0.681. The first-order valence-corrected chi connectivity index (χ1v) is 9.98. The number of piperidine rings is 1. The molecule has 1 spiro atoms. The van der Waals surface area contributed by atoms with Crippen LogP contribution in [-0.2, 0) is 4.79 Å². The van der Waals surface area contributed by atoms with Gasteiger partial charge in [0.05, 0.1) is 12.3 Å². The van der Waals surface area contributed by atoms with E-state index >= 15 is 0 Å². The van der Waals surface area contributed by atoms with Crippen LogP contribution in [0.4, 0.5) is 0 Å². The van der Waals surface area contributed by atoms with Gasteiger partial charge in [-0.2, -0.15) is 0 Å². The van der Waals surface area contributed by atoms with Crippen LogP contribution in [0.25, 0.3) is 0 Å². The quantitative estimate of drug-likeness (QED) is 0.772. The molecule has 4 rings (SSSR count). The van der Waals surface area contributed by atoms with E-state index in [1.807, 2.05) is 9.80 Å². The third kappa shape index (κ3) is 3.62. The summed E-state index contributed by atoms with van der Waals surface area (Å²) in [6.07, 6.45) is 4.36. The van der Waals surface area contributed by atoms with Crippen LogP contribution in [0.3, 0.4) is 0 Å². The van der Waals surface area contributed by atoms with E-state index in [1.54, 1.807) is 18.4 Å². The zero-order valence-electron chi connectivity index (χ0n) is 16.4. The fraction of sp³-hybridized carbons (Fsp3) is 0.700.